The van der Waals surface area contributed by atoms with Gasteiger partial charge in [-0.15, -0.1) is 0 Å². The van der Waals surface area contributed by atoms with Crippen molar-refractivity contribution in [3.05, 3.63) is 60.2 Å². The summed E-state index contributed by atoms with van der Waals surface area (Å²) in [6.45, 7) is 9.00. The molecule has 0 aliphatic carbocycles. The summed E-state index contributed by atoms with van der Waals surface area (Å²) in [6.07, 6.45) is 1.99. The van der Waals surface area contributed by atoms with Crippen molar-refractivity contribution in [1.82, 2.24) is 4.57 Å². The average molecular weight is 380 g/mol. The van der Waals surface area contributed by atoms with Gasteiger partial charge < -0.3 is 4.57 Å². The summed E-state index contributed by atoms with van der Waals surface area (Å²) in [5.74, 6) is 0.591. The molecular formula is C24H33NOSi. The second kappa shape index (κ2) is 8.43. The molecule has 0 aromatic heterocycles. The Morgan fingerprint density at radius 1 is 0.889 bits per heavy atom. The van der Waals surface area contributed by atoms with Crippen molar-refractivity contribution in [1.29, 1.82) is 0 Å². The first-order chi connectivity index (χ1) is 13.0. The van der Waals surface area contributed by atoms with Crippen LogP contribution < -0.4 is 0 Å². The van der Waals surface area contributed by atoms with Crippen LogP contribution in [0.1, 0.15) is 39.7 Å². The molecule has 1 heterocycles. The van der Waals surface area contributed by atoms with Gasteiger partial charge in [0, 0.05) is 12.0 Å². The fourth-order valence-corrected chi connectivity index (χ4v) is 9.01. The topological polar surface area (TPSA) is 20.3 Å². The van der Waals surface area contributed by atoms with Gasteiger partial charge in [0.05, 0.1) is 0 Å². The third-order valence-electron chi connectivity index (χ3n) is 6.67. The summed E-state index contributed by atoms with van der Waals surface area (Å²) in [5, 5.41) is 0. The summed E-state index contributed by atoms with van der Waals surface area (Å²) in [7, 11) is -1.69. The fraction of sp³-hybridized carbons (Fsp3) is 0.458. The lowest BCUT2D eigenvalue weighted by atomic mass is 9.98. The number of carbonyl (C=O) groups excluding carboxylic acids is 1. The Balaban J connectivity index is 1.82. The van der Waals surface area contributed by atoms with Gasteiger partial charge in [0.2, 0.25) is 5.91 Å². The van der Waals surface area contributed by atoms with E-state index < -0.39 is 8.24 Å². The molecule has 0 saturated carbocycles. The molecule has 0 unspecified atom stereocenters. The number of carbonyl (C=O) groups is 1. The van der Waals surface area contributed by atoms with E-state index in [4.69, 9.17) is 0 Å². The van der Waals surface area contributed by atoms with E-state index in [1.54, 1.807) is 0 Å². The smallest absolute Gasteiger partial charge is 0.217 e. The molecule has 2 aromatic rings. The number of hydrogen-bond acceptors (Lipinski definition) is 1. The van der Waals surface area contributed by atoms with Gasteiger partial charge in [0.25, 0.3) is 0 Å². The van der Waals surface area contributed by atoms with Crippen molar-refractivity contribution in [2.45, 2.75) is 64.7 Å². The van der Waals surface area contributed by atoms with Crippen molar-refractivity contribution in [3.8, 4) is 11.1 Å². The number of amides is 1. The Kier molecular flexibility index (Phi) is 6.21. The van der Waals surface area contributed by atoms with Gasteiger partial charge >= 0.3 is 0 Å². The third kappa shape index (κ3) is 3.89. The molecule has 144 valence electrons. The molecule has 0 bridgehead atoms. The molecule has 0 spiro atoms. The van der Waals surface area contributed by atoms with Gasteiger partial charge in [-0.3, -0.25) is 4.79 Å². The molecular weight excluding hydrogens is 346 g/mol. The summed E-state index contributed by atoms with van der Waals surface area (Å²) in [6, 6.07) is 23.3. The SMILES string of the molecule is CC[Si](CC)(CC)N1C(=O)[C@@H](C)C[C@H]1Cc1ccc(-c2ccccc2)cc1. The van der Waals surface area contributed by atoms with Crippen molar-refractivity contribution in [2.75, 3.05) is 0 Å². The maximum atomic E-state index is 13.0. The largest absolute Gasteiger partial charge is 0.366 e. The first kappa shape index (κ1) is 19.9. The molecule has 1 aliphatic rings. The van der Waals surface area contributed by atoms with Crippen LogP contribution in [0.25, 0.3) is 11.1 Å². The van der Waals surface area contributed by atoms with E-state index in [-0.39, 0.29) is 5.92 Å². The van der Waals surface area contributed by atoms with Gasteiger partial charge in [0.15, 0.2) is 8.24 Å². The Morgan fingerprint density at radius 2 is 1.44 bits per heavy atom. The quantitative estimate of drug-likeness (QED) is 0.529. The summed E-state index contributed by atoms with van der Waals surface area (Å²) in [5.41, 5.74) is 3.86. The van der Waals surface area contributed by atoms with Crippen molar-refractivity contribution >= 4 is 14.1 Å². The number of hydrogen-bond donors (Lipinski definition) is 0. The fourth-order valence-electron chi connectivity index (χ4n) is 4.82. The molecule has 2 atom stereocenters. The summed E-state index contributed by atoms with van der Waals surface area (Å²) in [4.78, 5) is 13.0. The lowest BCUT2D eigenvalue weighted by Gasteiger charge is -2.42. The van der Waals surface area contributed by atoms with Gasteiger partial charge in [-0.05, 0) is 47.7 Å². The number of nitrogens with zero attached hydrogens (tertiary/aromatic N) is 1. The summed E-state index contributed by atoms with van der Waals surface area (Å²) < 4.78 is 2.41. The van der Waals surface area contributed by atoms with Crippen LogP contribution in [0.5, 0.6) is 0 Å². The van der Waals surface area contributed by atoms with Gasteiger partial charge in [-0.25, -0.2) is 0 Å². The first-order valence-corrected chi connectivity index (χ1v) is 13.1. The highest BCUT2D eigenvalue weighted by molar-refractivity contribution is 6.79. The molecule has 0 radical (unpaired) electrons. The van der Waals surface area contributed by atoms with Crippen molar-refractivity contribution in [2.24, 2.45) is 5.92 Å². The highest BCUT2D eigenvalue weighted by atomic mass is 28.3. The van der Waals surface area contributed by atoms with Gasteiger partial charge in [0.1, 0.15) is 0 Å². The maximum Gasteiger partial charge on any atom is 0.217 e. The standard InChI is InChI=1S/C24H33NOSi/c1-5-27(6-2,7-3)25-23(17-19(4)24(25)26)18-20-13-15-22(16-14-20)21-11-9-8-10-12-21/h8-16,19,23H,5-7,17-18H2,1-4H3/t19-,23-/m0/s1. The zero-order chi connectivity index (χ0) is 19.4. The number of rotatable bonds is 7. The molecule has 1 amide bonds. The van der Waals surface area contributed by atoms with Crippen LogP contribution in [0.3, 0.4) is 0 Å². The Morgan fingerprint density at radius 3 is 2.00 bits per heavy atom. The highest BCUT2D eigenvalue weighted by Crippen LogP contribution is 2.37. The lowest BCUT2D eigenvalue weighted by molar-refractivity contribution is -0.127. The van der Waals surface area contributed by atoms with E-state index >= 15 is 0 Å². The zero-order valence-electron chi connectivity index (χ0n) is 17.2. The van der Waals surface area contributed by atoms with Crippen molar-refractivity contribution < 1.29 is 4.79 Å². The number of benzene rings is 2. The van der Waals surface area contributed by atoms with Crippen LogP contribution in [0.2, 0.25) is 18.1 Å². The van der Waals surface area contributed by atoms with E-state index in [1.807, 2.05) is 0 Å². The van der Waals surface area contributed by atoms with E-state index in [9.17, 15) is 4.79 Å². The average Bonchev–Trinajstić information content (AvgIpc) is 2.99. The molecule has 1 fully saturated rings. The van der Waals surface area contributed by atoms with E-state index in [1.165, 1.54) is 34.8 Å². The summed E-state index contributed by atoms with van der Waals surface area (Å²) >= 11 is 0. The molecule has 2 nitrogen and oxygen atoms in total. The minimum Gasteiger partial charge on any atom is -0.366 e. The van der Waals surface area contributed by atoms with Crippen LogP contribution in [0, 0.1) is 5.92 Å². The Labute approximate surface area is 165 Å². The van der Waals surface area contributed by atoms with Crippen LogP contribution in [0.4, 0.5) is 0 Å². The molecule has 27 heavy (non-hydrogen) atoms. The lowest BCUT2D eigenvalue weighted by Crippen LogP contribution is -2.57. The molecule has 3 heteroatoms. The third-order valence-corrected chi connectivity index (χ3v) is 12.2. The Hall–Kier alpha value is -1.87. The molecule has 0 N–H and O–H groups in total. The first-order valence-electron chi connectivity index (χ1n) is 10.5. The van der Waals surface area contributed by atoms with Gasteiger partial charge in [-0.2, -0.15) is 0 Å². The minimum absolute atomic E-state index is 0.176. The molecule has 2 aromatic carbocycles. The highest BCUT2D eigenvalue weighted by Gasteiger charge is 2.47. The van der Waals surface area contributed by atoms with Crippen LogP contribution in [0.15, 0.2) is 54.6 Å². The van der Waals surface area contributed by atoms with Crippen molar-refractivity contribution in [3.63, 3.8) is 0 Å². The second-order valence-electron chi connectivity index (χ2n) is 8.05. The molecule has 1 saturated heterocycles. The predicted molar refractivity (Wildman–Crippen MR) is 117 cm³/mol. The maximum absolute atomic E-state index is 13.0. The molecule has 1 aliphatic heterocycles. The zero-order valence-corrected chi connectivity index (χ0v) is 18.2. The molecule has 3 rings (SSSR count). The monoisotopic (exact) mass is 379 g/mol. The van der Waals surface area contributed by atoms with E-state index in [0.717, 1.165) is 12.8 Å². The Bertz CT molecular complexity index is 743. The van der Waals surface area contributed by atoms with Crippen LogP contribution in [-0.4, -0.2) is 24.7 Å². The van der Waals surface area contributed by atoms with Crippen LogP contribution >= 0.6 is 0 Å². The normalized spacial score (nSPS) is 20.3. The van der Waals surface area contributed by atoms with Gasteiger partial charge in [-0.1, -0.05) is 82.3 Å². The van der Waals surface area contributed by atoms with Crippen LogP contribution in [-0.2, 0) is 11.2 Å². The minimum atomic E-state index is -1.69. The second-order valence-corrected chi connectivity index (χ2v) is 13.1. The van der Waals surface area contributed by atoms with E-state index in [0.29, 0.717) is 11.9 Å². The van der Waals surface area contributed by atoms with E-state index in [2.05, 4.69) is 86.9 Å². The predicted octanol–water partition coefficient (Wildman–Crippen LogP) is 6.14.